The Morgan fingerprint density at radius 2 is 1.97 bits per heavy atom. The molecule has 0 aliphatic heterocycles. The zero-order chi connectivity index (χ0) is 20.9. The van der Waals surface area contributed by atoms with Gasteiger partial charge >= 0.3 is 0 Å². The Morgan fingerprint density at radius 1 is 1.17 bits per heavy atom. The van der Waals surface area contributed by atoms with Gasteiger partial charge in [-0.2, -0.15) is 0 Å². The van der Waals surface area contributed by atoms with E-state index in [1.807, 2.05) is 31.3 Å². The standard InChI is InChI=1S/C21H23F2N7/c1-3-29-13(2)25-17-5-4-16(27-19(17)29)15-8-11-30-18(15)12-24-20(28-30)26-14-6-9-21(22,23)10-7-14/h4-5,8,11-12,14H,3,6-7,9-10H2,1-2H3,(H,26,28). The van der Waals surface area contributed by atoms with Crippen LogP contribution >= 0.6 is 0 Å². The van der Waals surface area contributed by atoms with Crippen molar-refractivity contribution in [2.75, 3.05) is 5.32 Å². The zero-order valence-electron chi connectivity index (χ0n) is 16.9. The van der Waals surface area contributed by atoms with E-state index in [4.69, 9.17) is 4.98 Å². The summed E-state index contributed by atoms with van der Waals surface area (Å²) in [7, 11) is 0. The summed E-state index contributed by atoms with van der Waals surface area (Å²) in [5.41, 5.74) is 4.34. The number of hydrogen-bond donors (Lipinski definition) is 1. The van der Waals surface area contributed by atoms with Crippen molar-refractivity contribution in [2.24, 2.45) is 0 Å². The molecule has 0 aromatic carbocycles. The minimum atomic E-state index is -2.54. The van der Waals surface area contributed by atoms with Crippen molar-refractivity contribution in [1.82, 2.24) is 29.1 Å². The molecule has 5 rings (SSSR count). The van der Waals surface area contributed by atoms with Gasteiger partial charge in [-0.15, -0.1) is 5.10 Å². The molecule has 9 heteroatoms. The number of nitrogens with zero attached hydrogens (tertiary/aromatic N) is 6. The summed E-state index contributed by atoms with van der Waals surface area (Å²) in [6, 6.07) is 5.87. The molecule has 1 fully saturated rings. The number of fused-ring (bicyclic) bond motifs is 2. The number of halogens is 2. The molecule has 0 bridgehead atoms. The number of aromatic nitrogens is 6. The van der Waals surface area contributed by atoms with Crippen molar-refractivity contribution in [2.45, 2.75) is 58.0 Å². The van der Waals surface area contributed by atoms with E-state index >= 15 is 0 Å². The second kappa shape index (κ2) is 7.00. The number of pyridine rings is 1. The number of anilines is 1. The molecule has 156 valence electrons. The first-order chi connectivity index (χ1) is 14.4. The number of imidazole rings is 1. The van der Waals surface area contributed by atoms with Crippen LogP contribution in [-0.2, 0) is 6.54 Å². The average Bonchev–Trinajstić information content (AvgIpc) is 3.28. The first kappa shape index (κ1) is 18.9. The predicted octanol–water partition coefficient (Wildman–Crippen LogP) is 4.46. The fourth-order valence-electron chi connectivity index (χ4n) is 4.19. The highest BCUT2D eigenvalue weighted by Crippen LogP contribution is 2.34. The molecule has 1 aliphatic carbocycles. The molecule has 1 aliphatic rings. The lowest BCUT2D eigenvalue weighted by atomic mass is 9.92. The molecule has 0 radical (unpaired) electrons. The van der Waals surface area contributed by atoms with Crippen LogP contribution in [0, 0.1) is 6.92 Å². The molecule has 7 nitrogen and oxygen atoms in total. The Kier molecular flexibility index (Phi) is 4.41. The van der Waals surface area contributed by atoms with Crippen LogP contribution in [0.2, 0.25) is 0 Å². The predicted molar refractivity (Wildman–Crippen MR) is 111 cm³/mol. The molecule has 0 atom stereocenters. The first-order valence-electron chi connectivity index (χ1n) is 10.3. The summed E-state index contributed by atoms with van der Waals surface area (Å²) in [6.07, 6.45) is 4.25. The van der Waals surface area contributed by atoms with E-state index in [0.717, 1.165) is 40.3 Å². The average molecular weight is 411 g/mol. The van der Waals surface area contributed by atoms with Crippen LogP contribution in [0.15, 0.2) is 30.6 Å². The molecule has 0 amide bonds. The number of rotatable bonds is 4. The third-order valence-electron chi connectivity index (χ3n) is 5.84. The van der Waals surface area contributed by atoms with Gasteiger partial charge in [-0.05, 0) is 44.9 Å². The second-order valence-electron chi connectivity index (χ2n) is 7.86. The lowest BCUT2D eigenvalue weighted by Gasteiger charge is -2.28. The Bertz CT molecular complexity index is 1220. The molecule has 4 heterocycles. The highest BCUT2D eigenvalue weighted by molar-refractivity contribution is 5.82. The maximum Gasteiger partial charge on any atom is 0.248 e. The zero-order valence-corrected chi connectivity index (χ0v) is 16.9. The van der Waals surface area contributed by atoms with E-state index in [1.54, 1.807) is 10.7 Å². The molecular formula is C21H23F2N7. The summed E-state index contributed by atoms with van der Waals surface area (Å²) in [5.74, 6) is -1.15. The fraction of sp³-hybridized carbons (Fsp3) is 0.429. The summed E-state index contributed by atoms with van der Waals surface area (Å²) in [6.45, 7) is 4.86. The number of alkyl halides is 2. The van der Waals surface area contributed by atoms with Crippen LogP contribution in [0.4, 0.5) is 14.7 Å². The van der Waals surface area contributed by atoms with Gasteiger partial charge in [0.25, 0.3) is 0 Å². The number of aryl methyl sites for hydroxylation is 2. The lowest BCUT2D eigenvalue weighted by molar-refractivity contribution is -0.0361. The topological polar surface area (TPSA) is 72.9 Å². The van der Waals surface area contributed by atoms with Crippen molar-refractivity contribution in [3.8, 4) is 11.3 Å². The summed E-state index contributed by atoms with van der Waals surface area (Å²) in [5, 5.41) is 7.71. The monoisotopic (exact) mass is 411 g/mol. The van der Waals surface area contributed by atoms with Gasteiger partial charge in [0.15, 0.2) is 5.65 Å². The Morgan fingerprint density at radius 3 is 2.73 bits per heavy atom. The third-order valence-corrected chi connectivity index (χ3v) is 5.84. The van der Waals surface area contributed by atoms with Crippen LogP contribution < -0.4 is 5.32 Å². The maximum atomic E-state index is 13.4. The summed E-state index contributed by atoms with van der Waals surface area (Å²) < 4.78 is 30.6. The Balaban J connectivity index is 1.43. The van der Waals surface area contributed by atoms with Gasteiger partial charge in [0.1, 0.15) is 11.3 Å². The van der Waals surface area contributed by atoms with E-state index < -0.39 is 5.92 Å². The van der Waals surface area contributed by atoms with E-state index in [-0.39, 0.29) is 18.9 Å². The van der Waals surface area contributed by atoms with Crippen LogP contribution in [0.1, 0.15) is 38.4 Å². The van der Waals surface area contributed by atoms with Gasteiger partial charge in [-0.1, -0.05) is 0 Å². The fourth-order valence-corrected chi connectivity index (χ4v) is 4.19. The van der Waals surface area contributed by atoms with Crippen molar-refractivity contribution in [1.29, 1.82) is 0 Å². The van der Waals surface area contributed by atoms with Crippen LogP contribution in [0.3, 0.4) is 0 Å². The first-order valence-corrected chi connectivity index (χ1v) is 10.3. The van der Waals surface area contributed by atoms with Gasteiger partial charge in [0.2, 0.25) is 11.9 Å². The highest BCUT2D eigenvalue weighted by atomic mass is 19.3. The van der Waals surface area contributed by atoms with Crippen LogP contribution in [0.5, 0.6) is 0 Å². The third kappa shape index (κ3) is 3.28. The molecule has 0 spiro atoms. The quantitative estimate of drug-likeness (QED) is 0.537. The molecule has 1 N–H and O–H groups in total. The minimum Gasteiger partial charge on any atom is -0.350 e. The van der Waals surface area contributed by atoms with E-state index in [2.05, 4.69) is 31.9 Å². The van der Waals surface area contributed by atoms with E-state index in [9.17, 15) is 8.78 Å². The largest absolute Gasteiger partial charge is 0.350 e. The van der Waals surface area contributed by atoms with Gasteiger partial charge in [0, 0.05) is 37.2 Å². The van der Waals surface area contributed by atoms with E-state index in [0.29, 0.717) is 18.8 Å². The van der Waals surface area contributed by atoms with Crippen LogP contribution in [0.25, 0.3) is 27.9 Å². The number of nitrogens with one attached hydrogen (secondary N) is 1. The summed E-state index contributed by atoms with van der Waals surface area (Å²) >= 11 is 0. The van der Waals surface area contributed by atoms with E-state index in [1.165, 1.54) is 0 Å². The van der Waals surface area contributed by atoms with Crippen molar-refractivity contribution >= 4 is 22.6 Å². The van der Waals surface area contributed by atoms with Gasteiger partial charge in [-0.3, -0.25) is 0 Å². The Labute approximate surface area is 172 Å². The molecular weight excluding hydrogens is 388 g/mol. The summed E-state index contributed by atoms with van der Waals surface area (Å²) in [4.78, 5) is 13.8. The molecule has 4 aromatic rings. The lowest BCUT2D eigenvalue weighted by Crippen LogP contribution is -2.32. The van der Waals surface area contributed by atoms with Crippen molar-refractivity contribution in [3.63, 3.8) is 0 Å². The minimum absolute atomic E-state index is 0.0289. The molecule has 1 saturated carbocycles. The molecule has 30 heavy (non-hydrogen) atoms. The molecule has 0 unspecified atom stereocenters. The van der Waals surface area contributed by atoms with Crippen molar-refractivity contribution in [3.05, 3.63) is 36.4 Å². The highest BCUT2D eigenvalue weighted by Gasteiger charge is 2.35. The Hall–Kier alpha value is -3.10. The second-order valence-corrected chi connectivity index (χ2v) is 7.86. The number of hydrogen-bond acceptors (Lipinski definition) is 5. The van der Waals surface area contributed by atoms with Gasteiger partial charge in [0.05, 0.1) is 17.4 Å². The smallest absolute Gasteiger partial charge is 0.248 e. The maximum absolute atomic E-state index is 13.4. The van der Waals surface area contributed by atoms with Gasteiger partial charge in [-0.25, -0.2) is 28.2 Å². The molecule has 4 aromatic heterocycles. The van der Waals surface area contributed by atoms with Crippen molar-refractivity contribution < 1.29 is 8.78 Å². The van der Waals surface area contributed by atoms with Crippen LogP contribution in [-0.4, -0.2) is 41.1 Å². The van der Waals surface area contributed by atoms with Gasteiger partial charge < -0.3 is 9.88 Å². The normalized spacial score (nSPS) is 17.1. The SMILES string of the molecule is CCn1c(C)nc2ccc(-c3ccn4nc(NC5CCC(F)(F)CC5)ncc34)nc21. The molecule has 0 saturated heterocycles.